The molecule has 1 amide bonds. The van der Waals surface area contributed by atoms with Crippen molar-refractivity contribution in [3.8, 4) is 0 Å². The molecule has 1 aromatic carbocycles. The Labute approximate surface area is 122 Å². The van der Waals surface area contributed by atoms with E-state index in [-0.39, 0.29) is 11.9 Å². The van der Waals surface area contributed by atoms with Crippen molar-refractivity contribution in [1.82, 2.24) is 5.32 Å². The molecule has 1 aliphatic heterocycles. The average Bonchev–Trinajstić information content (AvgIpc) is 2.37. The minimum absolute atomic E-state index is 0.00318. The molecule has 1 unspecified atom stereocenters. The van der Waals surface area contributed by atoms with Crippen LogP contribution in [0.5, 0.6) is 0 Å². The van der Waals surface area contributed by atoms with Gasteiger partial charge in [-0.15, -0.1) is 0 Å². The van der Waals surface area contributed by atoms with Gasteiger partial charge in [-0.2, -0.15) is 0 Å². The molecule has 0 bridgehead atoms. The molecular formula is C14H19IN2O. The highest BCUT2D eigenvalue weighted by Gasteiger charge is 2.28. The summed E-state index contributed by atoms with van der Waals surface area (Å²) >= 11 is 2.28. The molecule has 18 heavy (non-hydrogen) atoms. The molecule has 3 nitrogen and oxygen atoms in total. The first-order valence-electron chi connectivity index (χ1n) is 6.52. The predicted octanol–water partition coefficient (Wildman–Crippen LogP) is 2.79. The van der Waals surface area contributed by atoms with E-state index in [2.05, 4.69) is 40.9 Å². The van der Waals surface area contributed by atoms with E-state index in [1.165, 1.54) is 3.57 Å². The Balaban J connectivity index is 2.11. The first kappa shape index (κ1) is 13.8. The van der Waals surface area contributed by atoms with Gasteiger partial charge in [0.1, 0.15) is 0 Å². The van der Waals surface area contributed by atoms with Gasteiger partial charge in [-0.1, -0.05) is 13.0 Å². The molecule has 1 aliphatic rings. The highest BCUT2D eigenvalue weighted by atomic mass is 127. The molecule has 1 saturated heterocycles. The Morgan fingerprint density at radius 3 is 3.06 bits per heavy atom. The molecular weight excluding hydrogens is 339 g/mol. The fraction of sp³-hybridized carbons (Fsp3) is 0.500. The Morgan fingerprint density at radius 1 is 1.50 bits per heavy atom. The van der Waals surface area contributed by atoms with Crippen molar-refractivity contribution in [1.29, 1.82) is 0 Å². The minimum Gasteiger partial charge on any atom is -0.311 e. The highest BCUT2D eigenvalue weighted by Crippen LogP contribution is 2.22. The summed E-state index contributed by atoms with van der Waals surface area (Å²) < 4.78 is 1.17. The van der Waals surface area contributed by atoms with Gasteiger partial charge in [0.05, 0.1) is 6.04 Å². The molecule has 4 heteroatoms. The number of hydrogen-bond donors (Lipinski definition) is 1. The minimum atomic E-state index is -0.00318. The van der Waals surface area contributed by atoms with Crippen LogP contribution in [0.1, 0.15) is 26.2 Å². The molecule has 1 fully saturated rings. The molecule has 0 aromatic heterocycles. The molecule has 0 radical (unpaired) electrons. The second-order valence-electron chi connectivity index (χ2n) is 4.62. The van der Waals surface area contributed by atoms with Gasteiger partial charge < -0.3 is 10.2 Å². The lowest BCUT2D eigenvalue weighted by atomic mass is 10.0. The summed E-state index contributed by atoms with van der Waals surface area (Å²) in [4.78, 5) is 14.3. The maximum absolute atomic E-state index is 12.4. The van der Waals surface area contributed by atoms with Gasteiger partial charge in [0.2, 0.25) is 5.91 Å². The van der Waals surface area contributed by atoms with Crippen molar-refractivity contribution in [2.45, 2.75) is 32.2 Å². The fourth-order valence-electron chi connectivity index (χ4n) is 2.28. The van der Waals surface area contributed by atoms with E-state index in [4.69, 9.17) is 0 Å². The van der Waals surface area contributed by atoms with E-state index in [1.807, 2.05) is 23.1 Å². The second kappa shape index (κ2) is 6.52. The number of piperidine rings is 1. The second-order valence-corrected chi connectivity index (χ2v) is 5.86. The van der Waals surface area contributed by atoms with Gasteiger partial charge >= 0.3 is 0 Å². The zero-order valence-electron chi connectivity index (χ0n) is 10.7. The molecule has 0 aliphatic carbocycles. The summed E-state index contributed by atoms with van der Waals surface area (Å²) in [5.41, 5.74) is 1.02. The van der Waals surface area contributed by atoms with Crippen LogP contribution < -0.4 is 10.2 Å². The summed E-state index contributed by atoms with van der Waals surface area (Å²) in [7, 11) is 0. The zero-order chi connectivity index (χ0) is 13.0. The SMILES string of the molecule is CCCNC1CCCN(c2cccc(I)c2)C1=O. The van der Waals surface area contributed by atoms with Crippen LogP contribution in [0.2, 0.25) is 0 Å². The van der Waals surface area contributed by atoms with Crippen LogP contribution in [0.3, 0.4) is 0 Å². The summed E-state index contributed by atoms with van der Waals surface area (Å²) in [5.74, 6) is 0.219. The van der Waals surface area contributed by atoms with Crippen LogP contribution in [0, 0.1) is 3.57 Å². The summed E-state index contributed by atoms with van der Waals surface area (Å²) in [6, 6.07) is 8.14. The first-order valence-corrected chi connectivity index (χ1v) is 7.60. The fourth-order valence-corrected chi connectivity index (χ4v) is 2.81. The monoisotopic (exact) mass is 358 g/mol. The number of carbonyl (C=O) groups is 1. The lowest BCUT2D eigenvalue weighted by molar-refractivity contribution is -0.121. The van der Waals surface area contributed by atoms with Crippen LogP contribution in [0.15, 0.2) is 24.3 Å². The van der Waals surface area contributed by atoms with Crippen LogP contribution in [0.4, 0.5) is 5.69 Å². The van der Waals surface area contributed by atoms with E-state index < -0.39 is 0 Å². The number of hydrogen-bond acceptors (Lipinski definition) is 2. The molecule has 1 atom stereocenters. The smallest absolute Gasteiger partial charge is 0.244 e. The van der Waals surface area contributed by atoms with Gasteiger partial charge in [0.25, 0.3) is 0 Å². The zero-order valence-corrected chi connectivity index (χ0v) is 12.8. The molecule has 98 valence electrons. The Kier molecular flexibility index (Phi) is 5.00. The number of halogens is 1. The van der Waals surface area contributed by atoms with E-state index in [0.717, 1.165) is 38.0 Å². The van der Waals surface area contributed by atoms with E-state index in [1.54, 1.807) is 0 Å². The van der Waals surface area contributed by atoms with E-state index in [0.29, 0.717) is 0 Å². The summed E-state index contributed by atoms with van der Waals surface area (Å²) in [6.07, 6.45) is 3.09. The molecule has 1 aromatic rings. The Morgan fingerprint density at radius 2 is 2.33 bits per heavy atom. The number of carbonyl (C=O) groups excluding carboxylic acids is 1. The van der Waals surface area contributed by atoms with Crippen LogP contribution >= 0.6 is 22.6 Å². The van der Waals surface area contributed by atoms with Crippen molar-refractivity contribution in [3.05, 3.63) is 27.8 Å². The molecule has 1 heterocycles. The third-order valence-electron chi connectivity index (χ3n) is 3.20. The van der Waals surface area contributed by atoms with E-state index >= 15 is 0 Å². The average molecular weight is 358 g/mol. The molecule has 0 saturated carbocycles. The lowest BCUT2D eigenvalue weighted by Crippen LogP contribution is -2.51. The number of benzene rings is 1. The third-order valence-corrected chi connectivity index (χ3v) is 3.87. The maximum Gasteiger partial charge on any atom is 0.244 e. The number of amides is 1. The predicted molar refractivity (Wildman–Crippen MR) is 82.8 cm³/mol. The maximum atomic E-state index is 12.4. The number of nitrogens with one attached hydrogen (secondary N) is 1. The Bertz CT molecular complexity index is 422. The molecule has 2 rings (SSSR count). The third kappa shape index (κ3) is 3.23. The number of anilines is 1. The topological polar surface area (TPSA) is 32.3 Å². The van der Waals surface area contributed by atoms with Gasteiger partial charge in [0.15, 0.2) is 0 Å². The quantitative estimate of drug-likeness (QED) is 0.840. The summed E-state index contributed by atoms with van der Waals surface area (Å²) in [6.45, 7) is 3.87. The van der Waals surface area contributed by atoms with Gasteiger partial charge in [0, 0.05) is 15.8 Å². The van der Waals surface area contributed by atoms with Gasteiger partial charge in [-0.25, -0.2) is 0 Å². The Hall–Kier alpha value is -0.620. The van der Waals surface area contributed by atoms with Gasteiger partial charge in [-0.3, -0.25) is 4.79 Å². The van der Waals surface area contributed by atoms with Crippen molar-refractivity contribution >= 4 is 34.2 Å². The number of nitrogens with zero attached hydrogens (tertiary/aromatic N) is 1. The highest BCUT2D eigenvalue weighted by molar-refractivity contribution is 14.1. The van der Waals surface area contributed by atoms with Crippen LogP contribution in [-0.4, -0.2) is 25.0 Å². The van der Waals surface area contributed by atoms with E-state index in [9.17, 15) is 4.79 Å². The van der Waals surface area contributed by atoms with Crippen LogP contribution in [0.25, 0.3) is 0 Å². The molecule has 0 spiro atoms. The first-order chi connectivity index (χ1) is 8.72. The molecule has 1 N–H and O–H groups in total. The van der Waals surface area contributed by atoms with Crippen molar-refractivity contribution in [2.24, 2.45) is 0 Å². The van der Waals surface area contributed by atoms with Crippen molar-refractivity contribution in [2.75, 3.05) is 18.0 Å². The van der Waals surface area contributed by atoms with Crippen molar-refractivity contribution in [3.63, 3.8) is 0 Å². The standard InChI is InChI=1S/C14H19IN2O/c1-2-8-16-13-7-4-9-17(14(13)18)12-6-3-5-11(15)10-12/h3,5-6,10,13,16H,2,4,7-9H2,1H3. The summed E-state index contributed by atoms with van der Waals surface area (Å²) in [5, 5.41) is 3.34. The van der Waals surface area contributed by atoms with Crippen LogP contribution in [-0.2, 0) is 4.79 Å². The normalized spacial score (nSPS) is 20.2. The lowest BCUT2D eigenvalue weighted by Gasteiger charge is -2.32. The van der Waals surface area contributed by atoms with Crippen molar-refractivity contribution < 1.29 is 4.79 Å². The van der Waals surface area contributed by atoms with Gasteiger partial charge in [-0.05, 0) is 66.6 Å². The largest absolute Gasteiger partial charge is 0.311 e. The number of rotatable bonds is 4.